The fourth-order valence-corrected chi connectivity index (χ4v) is 2.10. The monoisotopic (exact) mass is 310 g/mol. The lowest BCUT2D eigenvalue weighted by molar-refractivity contribution is 0.297. The van der Waals surface area contributed by atoms with Crippen molar-refractivity contribution in [1.29, 1.82) is 5.26 Å². The quantitative estimate of drug-likeness (QED) is 0.741. The van der Waals surface area contributed by atoms with Crippen molar-refractivity contribution in [3.05, 3.63) is 71.0 Å². The third-order valence-corrected chi connectivity index (χ3v) is 3.31. The minimum atomic E-state index is 0.187. The maximum Gasteiger partial charge on any atom is 0.189 e. The third kappa shape index (κ3) is 2.92. The molecule has 0 atom stereocenters. The first-order valence-corrected chi connectivity index (χ1v) is 6.94. The minimum Gasteiger partial charge on any atom is -0.487 e. The summed E-state index contributed by atoms with van der Waals surface area (Å²) in [5, 5.41) is 17.7. The number of hydrogen-bond acceptors (Lipinski definition) is 4. The van der Waals surface area contributed by atoms with Crippen LogP contribution in [0.4, 0.5) is 0 Å². The van der Waals surface area contributed by atoms with E-state index in [1.165, 1.54) is 0 Å². The molecular formula is C16H11ClN4O. The van der Waals surface area contributed by atoms with E-state index in [2.05, 4.69) is 10.3 Å². The molecule has 0 fully saturated rings. The number of nitriles is 1. The maximum absolute atomic E-state index is 9.17. The van der Waals surface area contributed by atoms with Crippen molar-refractivity contribution in [3.63, 3.8) is 0 Å². The fourth-order valence-electron chi connectivity index (χ4n) is 1.98. The first kappa shape index (κ1) is 14.1. The number of rotatable bonds is 4. The van der Waals surface area contributed by atoms with Gasteiger partial charge in [0, 0.05) is 5.02 Å². The van der Waals surface area contributed by atoms with Gasteiger partial charge >= 0.3 is 0 Å². The molecule has 0 unspecified atom stereocenters. The van der Waals surface area contributed by atoms with E-state index in [-0.39, 0.29) is 12.3 Å². The standard InChI is InChI=1S/C16H11ClN4O/c17-12-6-8-14(9-7-12)22-11-16-15(10-18)19-20-21(16)13-4-2-1-3-5-13/h1-9H,11H2. The van der Waals surface area contributed by atoms with Crippen LogP contribution >= 0.6 is 11.6 Å². The highest BCUT2D eigenvalue weighted by Gasteiger charge is 2.14. The first-order valence-electron chi connectivity index (χ1n) is 6.56. The molecule has 0 aliphatic carbocycles. The van der Waals surface area contributed by atoms with E-state index in [1.54, 1.807) is 28.9 Å². The van der Waals surface area contributed by atoms with E-state index in [4.69, 9.17) is 16.3 Å². The first-order chi connectivity index (χ1) is 10.8. The fraction of sp³-hybridized carbons (Fsp3) is 0.0625. The lowest BCUT2D eigenvalue weighted by atomic mass is 10.3. The molecule has 5 nitrogen and oxygen atoms in total. The van der Waals surface area contributed by atoms with Crippen LogP contribution in [0.15, 0.2) is 54.6 Å². The van der Waals surface area contributed by atoms with Gasteiger partial charge in [0.25, 0.3) is 0 Å². The summed E-state index contributed by atoms with van der Waals surface area (Å²) in [6.45, 7) is 0.187. The van der Waals surface area contributed by atoms with Crippen LogP contribution < -0.4 is 4.74 Å². The maximum atomic E-state index is 9.17. The van der Waals surface area contributed by atoms with Crippen LogP contribution in [0, 0.1) is 11.3 Å². The number of nitrogens with zero attached hydrogens (tertiary/aromatic N) is 4. The van der Waals surface area contributed by atoms with Gasteiger partial charge in [-0.1, -0.05) is 35.0 Å². The molecule has 0 spiro atoms. The number of para-hydroxylation sites is 1. The lowest BCUT2D eigenvalue weighted by Gasteiger charge is -2.08. The third-order valence-electron chi connectivity index (χ3n) is 3.06. The zero-order valence-corrected chi connectivity index (χ0v) is 12.2. The summed E-state index contributed by atoms with van der Waals surface area (Å²) in [5.41, 5.74) is 1.67. The summed E-state index contributed by atoms with van der Waals surface area (Å²) in [7, 11) is 0. The minimum absolute atomic E-state index is 0.187. The predicted octanol–water partition coefficient (Wildman–Crippen LogP) is 3.37. The molecule has 0 saturated heterocycles. The van der Waals surface area contributed by atoms with Crippen LogP contribution in [0.1, 0.15) is 11.4 Å². The molecular weight excluding hydrogens is 300 g/mol. The summed E-state index contributed by atoms with van der Waals surface area (Å²) in [4.78, 5) is 0. The van der Waals surface area contributed by atoms with Crippen molar-refractivity contribution in [2.75, 3.05) is 0 Å². The van der Waals surface area contributed by atoms with Crippen LogP contribution in [0.3, 0.4) is 0 Å². The second-order valence-electron chi connectivity index (χ2n) is 4.49. The van der Waals surface area contributed by atoms with E-state index in [0.717, 1.165) is 5.69 Å². The van der Waals surface area contributed by atoms with E-state index in [1.807, 2.05) is 36.4 Å². The Balaban J connectivity index is 1.88. The van der Waals surface area contributed by atoms with Crippen LogP contribution in [0.25, 0.3) is 5.69 Å². The van der Waals surface area contributed by atoms with Gasteiger partial charge in [0.2, 0.25) is 0 Å². The van der Waals surface area contributed by atoms with Gasteiger partial charge in [0.15, 0.2) is 5.69 Å². The molecule has 22 heavy (non-hydrogen) atoms. The Morgan fingerprint density at radius 2 is 1.82 bits per heavy atom. The molecule has 6 heteroatoms. The summed E-state index contributed by atoms with van der Waals surface area (Å²) >= 11 is 5.84. The molecule has 0 aliphatic rings. The summed E-state index contributed by atoms with van der Waals surface area (Å²) in [5.74, 6) is 0.661. The highest BCUT2D eigenvalue weighted by atomic mass is 35.5. The van der Waals surface area contributed by atoms with Crippen molar-refractivity contribution < 1.29 is 4.74 Å². The van der Waals surface area contributed by atoms with Gasteiger partial charge in [-0.3, -0.25) is 0 Å². The van der Waals surface area contributed by atoms with Crippen molar-refractivity contribution in [1.82, 2.24) is 15.0 Å². The zero-order chi connectivity index (χ0) is 15.4. The summed E-state index contributed by atoms with van der Waals surface area (Å²) in [6.07, 6.45) is 0. The molecule has 0 amide bonds. The Bertz CT molecular complexity index is 806. The Kier molecular flexibility index (Phi) is 4.03. The summed E-state index contributed by atoms with van der Waals surface area (Å²) < 4.78 is 7.31. The largest absolute Gasteiger partial charge is 0.487 e. The van der Waals surface area contributed by atoms with Crippen molar-refractivity contribution in [3.8, 4) is 17.5 Å². The van der Waals surface area contributed by atoms with Gasteiger partial charge < -0.3 is 4.74 Å². The molecule has 1 aromatic heterocycles. The number of ether oxygens (including phenoxy) is 1. The average molecular weight is 311 g/mol. The molecule has 2 aromatic carbocycles. The Labute approximate surface area is 132 Å². The van der Waals surface area contributed by atoms with E-state index in [9.17, 15) is 5.26 Å². The molecule has 0 saturated carbocycles. The van der Waals surface area contributed by atoms with Gasteiger partial charge in [0.05, 0.1) is 5.69 Å². The molecule has 1 heterocycles. The normalized spacial score (nSPS) is 10.2. The molecule has 3 aromatic rings. The predicted molar refractivity (Wildman–Crippen MR) is 81.9 cm³/mol. The Morgan fingerprint density at radius 3 is 2.50 bits per heavy atom. The van der Waals surface area contributed by atoms with Crippen LogP contribution in [-0.4, -0.2) is 15.0 Å². The van der Waals surface area contributed by atoms with E-state index in [0.29, 0.717) is 16.5 Å². The summed E-state index contributed by atoms with van der Waals surface area (Å²) in [6, 6.07) is 18.5. The van der Waals surface area contributed by atoms with Crippen molar-refractivity contribution >= 4 is 11.6 Å². The average Bonchev–Trinajstić information content (AvgIpc) is 2.98. The van der Waals surface area contributed by atoms with Crippen molar-refractivity contribution in [2.24, 2.45) is 0 Å². The zero-order valence-electron chi connectivity index (χ0n) is 11.5. The van der Waals surface area contributed by atoms with Crippen LogP contribution in [0.2, 0.25) is 5.02 Å². The number of aromatic nitrogens is 3. The number of hydrogen-bond donors (Lipinski definition) is 0. The van der Waals surface area contributed by atoms with Crippen LogP contribution in [0.5, 0.6) is 5.75 Å². The highest BCUT2D eigenvalue weighted by molar-refractivity contribution is 6.30. The molecule has 0 N–H and O–H groups in total. The van der Waals surface area contributed by atoms with Gasteiger partial charge in [-0.2, -0.15) is 5.26 Å². The molecule has 3 rings (SSSR count). The van der Waals surface area contributed by atoms with Gasteiger partial charge in [-0.15, -0.1) is 5.10 Å². The van der Waals surface area contributed by atoms with E-state index < -0.39 is 0 Å². The molecule has 0 radical (unpaired) electrons. The number of benzene rings is 2. The molecule has 0 bridgehead atoms. The smallest absolute Gasteiger partial charge is 0.189 e. The molecule has 0 aliphatic heterocycles. The van der Waals surface area contributed by atoms with Gasteiger partial charge in [0.1, 0.15) is 24.1 Å². The van der Waals surface area contributed by atoms with Gasteiger partial charge in [-0.25, -0.2) is 4.68 Å². The second kappa shape index (κ2) is 6.29. The highest BCUT2D eigenvalue weighted by Crippen LogP contribution is 2.19. The SMILES string of the molecule is N#Cc1nnn(-c2ccccc2)c1COc1ccc(Cl)cc1. The molecule has 108 valence electrons. The van der Waals surface area contributed by atoms with Crippen molar-refractivity contribution in [2.45, 2.75) is 6.61 Å². The Hall–Kier alpha value is -2.84. The van der Waals surface area contributed by atoms with E-state index >= 15 is 0 Å². The van der Waals surface area contributed by atoms with Crippen LogP contribution in [-0.2, 0) is 6.61 Å². The second-order valence-corrected chi connectivity index (χ2v) is 4.92. The van der Waals surface area contributed by atoms with Gasteiger partial charge in [-0.05, 0) is 36.4 Å². The topological polar surface area (TPSA) is 63.7 Å². The lowest BCUT2D eigenvalue weighted by Crippen LogP contribution is -2.06. The Morgan fingerprint density at radius 1 is 1.09 bits per heavy atom. The number of halogens is 1.